The molecule has 0 saturated carbocycles. The maximum absolute atomic E-state index is 12.3. The lowest BCUT2D eigenvalue weighted by Gasteiger charge is -2.20. The smallest absolute Gasteiger partial charge is 0.323 e. The van der Waals surface area contributed by atoms with Gasteiger partial charge in [-0.2, -0.15) is 0 Å². The number of anilines is 1. The fraction of sp³-hybridized carbons (Fsp3) is 0.467. The van der Waals surface area contributed by atoms with E-state index in [0.717, 1.165) is 0 Å². The van der Waals surface area contributed by atoms with Crippen molar-refractivity contribution in [1.29, 1.82) is 0 Å². The molecule has 0 unspecified atom stereocenters. The third kappa shape index (κ3) is 6.27. The number of carbonyl (C=O) groups is 2. The first-order chi connectivity index (χ1) is 10.8. The van der Waals surface area contributed by atoms with Crippen LogP contribution in [0.15, 0.2) is 24.3 Å². The Labute approximate surface area is 136 Å². The van der Waals surface area contributed by atoms with Gasteiger partial charge in [0, 0.05) is 17.8 Å². The summed E-state index contributed by atoms with van der Waals surface area (Å²) in [5.74, 6) is -1.44. The number of carbonyl (C=O) groups excluding carboxylic acids is 1. The van der Waals surface area contributed by atoms with Crippen molar-refractivity contribution in [3.05, 3.63) is 29.8 Å². The summed E-state index contributed by atoms with van der Waals surface area (Å²) in [4.78, 5) is 24.4. The van der Waals surface area contributed by atoms with Crippen LogP contribution in [0.2, 0.25) is 0 Å². The predicted molar refractivity (Wildman–Crippen MR) is 88.0 cm³/mol. The van der Waals surface area contributed by atoms with E-state index in [1.807, 2.05) is 6.92 Å². The number of carboxylic acid groups (broad SMARTS) is 1. The van der Waals surface area contributed by atoms with Crippen molar-refractivity contribution in [2.45, 2.75) is 26.7 Å². The quantitative estimate of drug-likeness (QED) is 0.712. The zero-order chi connectivity index (χ0) is 17.5. The van der Waals surface area contributed by atoms with Crippen molar-refractivity contribution in [2.24, 2.45) is 0 Å². The molecule has 0 aliphatic heterocycles. The van der Waals surface area contributed by atoms with Gasteiger partial charge in [0.05, 0.1) is 5.75 Å². The Balaban J connectivity index is 2.85. The van der Waals surface area contributed by atoms with E-state index >= 15 is 0 Å². The molecular formula is C15H22N2O5S. The van der Waals surface area contributed by atoms with Crippen LogP contribution in [0.5, 0.6) is 0 Å². The van der Waals surface area contributed by atoms with Gasteiger partial charge in [-0.15, -0.1) is 0 Å². The second kappa shape index (κ2) is 8.52. The molecule has 0 aliphatic rings. The third-order valence-electron chi connectivity index (χ3n) is 2.98. The van der Waals surface area contributed by atoms with E-state index in [0.29, 0.717) is 30.6 Å². The third-order valence-corrected chi connectivity index (χ3v) is 4.48. The molecule has 1 amide bonds. The monoisotopic (exact) mass is 342 g/mol. The molecule has 1 aromatic carbocycles. The number of rotatable bonds is 9. The average molecular weight is 342 g/mol. The van der Waals surface area contributed by atoms with E-state index in [-0.39, 0.29) is 12.3 Å². The molecule has 0 radical (unpaired) electrons. The summed E-state index contributed by atoms with van der Waals surface area (Å²) in [6, 6.07) is 5.95. The van der Waals surface area contributed by atoms with Gasteiger partial charge in [0.25, 0.3) is 5.91 Å². The minimum atomic E-state index is -3.38. The van der Waals surface area contributed by atoms with Crippen LogP contribution in [0, 0.1) is 0 Å². The van der Waals surface area contributed by atoms with E-state index in [1.54, 1.807) is 6.92 Å². The lowest BCUT2D eigenvalue weighted by Crippen LogP contribution is -2.36. The molecule has 0 bridgehead atoms. The van der Waals surface area contributed by atoms with Crippen molar-refractivity contribution in [1.82, 2.24) is 4.90 Å². The molecule has 7 nitrogen and oxygen atoms in total. The number of carboxylic acids is 1. The SMILES string of the molecule is CCCN(CC(=O)O)C(=O)c1ccc(NS(=O)(=O)CCC)cc1. The molecule has 0 atom stereocenters. The summed E-state index contributed by atoms with van der Waals surface area (Å²) < 4.78 is 25.8. The fourth-order valence-corrected chi connectivity index (χ4v) is 3.18. The molecular weight excluding hydrogens is 320 g/mol. The number of benzene rings is 1. The van der Waals surface area contributed by atoms with Crippen molar-refractivity contribution in [3.63, 3.8) is 0 Å². The first-order valence-electron chi connectivity index (χ1n) is 7.40. The first-order valence-corrected chi connectivity index (χ1v) is 9.06. The number of sulfonamides is 1. The zero-order valence-electron chi connectivity index (χ0n) is 13.3. The Bertz CT molecular complexity index is 640. The number of aliphatic carboxylic acids is 1. The van der Waals surface area contributed by atoms with Crippen molar-refractivity contribution >= 4 is 27.6 Å². The molecule has 1 aromatic rings. The Morgan fingerprint density at radius 1 is 1.13 bits per heavy atom. The highest BCUT2D eigenvalue weighted by Crippen LogP contribution is 2.14. The number of hydrogen-bond acceptors (Lipinski definition) is 4. The lowest BCUT2D eigenvalue weighted by atomic mass is 10.2. The second-order valence-corrected chi connectivity index (χ2v) is 6.96. The van der Waals surface area contributed by atoms with Crippen LogP contribution < -0.4 is 4.72 Å². The Morgan fingerprint density at radius 3 is 2.22 bits per heavy atom. The standard InChI is InChI=1S/C15H22N2O5S/c1-3-9-17(11-14(18)19)15(20)12-5-7-13(8-6-12)16-23(21,22)10-4-2/h5-8,16H,3-4,9-11H2,1-2H3,(H,18,19). The number of nitrogens with one attached hydrogen (secondary N) is 1. The van der Waals surface area contributed by atoms with Gasteiger partial charge in [0.2, 0.25) is 10.0 Å². The molecule has 0 aliphatic carbocycles. The largest absolute Gasteiger partial charge is 0.480 e. The zero-order valence-corrected chi connectivity index (χ0v) is 14.1. The summed E-state index contributed by atoms with van der Waals surface area (Å²) in [6.45, 7) is 3.60. The summed E-state index contributed by atoms with van der Waals surface area (Å²) in [7, 11) is -3.38. The molecule has 0 heterocycles. The lowest BCUT2D eigenvalue weighted by molar-refractivity contribution is -0.137. The minimum Gasteiger partial charge on any atom is -0.480 e. The molecule has 2 N–H and O–H groups in total. The summed E-state index contributed by atoms with van der Waals surface area (Å²) in [5.41, 5.74) is 0.688. The molecule has 0 aromatic heterocycles. The number of hydrogen-bond donors (Lipinski definition) is 2. The van der Waals surface area contributed by atoms with Crippen LogP contribution in [0.4, 0.5) is 5.69 Å². The van der Waals surface area contributed by atoms with Crippen molar-refractivity contribution in [2.75, 3.05) is 23.6 Å². The topological polar surface area (TPSA) is 104 Å². The first kappa shape index (κ1) is 19.0. The Hall–Kier alpha value is -2.09. The fourth-order valence-electron chi connectivity index (χ4n) is 2.05. The molecule has 1 rings (SSSR count). The van der Waals surface area contributed by atoms with Gasteiger partial charge in [-0.05, 0) is 37.1 Å². The van der Waals surface area contributed by atoms with E-state index in [4.69, 9.17) is 5.11 Å². The minimum absolute atomic E-state index is 0.0244. The van der Waals surface area contributed by atoms with Gasteiger partial charge in [0.1, 0.15) is 6.54 Å². The molecule has 0 spiro atoms. The normalized spacial score (nSPS) is 11.0. The Kier molecular flexibility index (Phi) is 7.02. The highest BCUT2D eigenvalue weighted by Gasteiger charge is 2.18. The average Bonchev–Trinajstić information content (AvgIpc) is 2.46. The van der Waals surface area contributed by atoms with Crippen LogP contribution >= 0.6 is 0 Å². The van der Waals surface area contributed by atoms with Crippen LogP contribution in [0.25, 0.3) is 0 Å². The van der Waals surface area contributed by atoms with Gasteiger partial charge in [-0.25, -0.2) is 8.42 Å². The summed E-state index contributed by atoms with van der Waals surface area (Å²) in [5, 5.41) is 8.86. The highest BCUT2D eigenvalue weighted by atomic mass is 32.2. The number of amides is 1. The van der Waals surface area contributed by atoms with E-state index < -0.39 is 21.9 Å². The summed E-state index contributed by atoms with van der Waals surface area (Å²) in [6.07, 6.45) is 1.15. The molecule has 0 saturated heterocycles. The van der Waals surface area contributed by atoms with E-state index in [1.165, 1.54) is 29.2 Å². The van der Waals surface area contributed by atoms with Crippen molar-refractivity contribution < 1.29 is 23.1 Å². The maximum atomic E-state index is 12.3. The Morgan fingerprint density at radius 2 is 1.74 bits per heavy atom. The van der Waals surface area contributed by atoms with Gasteiger partial charge >= 0.3 is 5.97 Å². The van der Waals surface area contributed by atoms with Gasteiger partial charge in [-0.1, -0.05) is 13.8 Å². The van der Waals surface area contributed by atoms with Crippen LogP contribution in [-0.2, 0) is 14.8 Å². The van der Waals surface area contributed by atoms with Crippen LogP contribution in [0.3, 0.4) is 0 Å². The molecule has 8 heteroatoms. The van der Waals surface area contributed by atoms with Crippen molar-refractivity contribution in [3.8, 4) is 0 Å². The van der Waals surface area contributed by atoms with Gasteiger partial charge in [-0.3, -0.25) is 14.3 Å². The van der Waals surface area contributed by atoms with Crippen LogP contribution in [-0.4, -0.2) is 49.1 Å². The number of nitrogens with zero attached hydrogens (tertiary/aromatic N) is 1. The molecule has 128 valence electrons. The molecule has 23 heavy (non-hydrogen) atoms. The van der Waals surface area contributed by atoms with E-state index in [2.05, 4.69) is 4.72 Å². The van der Waals surface area contributed by atoms with Gasteiger partial charge < -0.3 is 10.0 Å². The predicted octanol–water partition coefficient (Wildman–Crippen LogP) is 1.78. The van der Waals surface area contributed by atoms with Gasteiger partial charge in [0.15, 0.2) is 0 Å². The maximum Gasteiger partial charge on any atom is 0.323 e. The highest BCUT2D eigenvalue weighted by molar-refractivity contribution is 7.92. The van der Waals surface area contributed by atoms with E-state index in [9.17, 15) is 18.0 Å². The second-order valence-electron chi connectivity index (χ2n) is 5.12. The van der Waals surface area contributed by atoms with Crippen LogP contribution in [0.1, 0.15) is 37.0 Å². The molecule has 0 fully saturated rings. The summed E-state index contributed by atoms with van der Waals surface area (Å²) >= 11 is 0.